The fourth-order valence-electron chi connectivity index (χ4n) is 2.00. The molecular weight excluding hydrogens is 260 g/mol. The Morgan fingerprint density at radius 3 is 2.70 bits per heavy atom. The molecule has 0 bridgehead atoms. The Kier molecular flexibility index (Phi) is 4.57. The molecule has 0 spiro atoms. The zero-order valence-corrected chi connectivity index (χ0v) is 11.6. The lowest BCUT2D eigenvalue weighted by molar-refractivity contribution is -0.149. The van der Waals surface area contributed by atoms with Crippen molar-refractivity contribution in [2.45, 2.75) is 13.0 Å². The predicted molar refractivity (Wildman–Crippen MR) is 72.7 cm³/mol. The minimum atomic E-state index is -0.334. The van der Waals surface area contributed by atoms with Gasteiger partial charge < -0.3 is 9.47 Å². The van der Waals surface area contributed by atoms with Gasteiger partial charge in [-0.25, -0.2) is 0 Å². The largest absolute Gasteiger partial charge is 0.493 e. The number of nitrogens with one attached hydrogen (secondary N) is 1. The van der Waals surface area contributed by atoms with Crippen LogP contribution in [0.5, 0.6) is 11.5 Å². The van der Waals surface area contributed by atoms with Gasteiger partial charge in [0, 0.05) is 0 Å². The van der Waals surface area contributed by atoms with Crippen LogP contribution < -0.4 is 14.8 Å². The van der Waals surface area contributed by atoms with E-state index in [0.29, 0.717) is 11.5 Å². The molecule has 0 radical (unpaired) electrons. The van der Waals surface area contributed by atoms with Gasteiger partial charge in [-0.3, -0.25) is 19.8 Å². The summed E-state index contributed by atoms with van der Waals surface area (Å²) in [6.45, 7) is 2.40. The maximum absolute atomic E-state index is 11.9. The van der Waals surface area contributed by atoms with Gasteiger partial charge in [-0.15, -0.1) is 0 Å². The lowest BCUT2D eigenvalue weighted by Crippen LogP contribution is -2.57. The van der Waals surface area contributed by atoms with Gasteiger partial charge >= 0.3 is 0 Å². The lowest BCUT2D eigenvalue weighted by atomic mass is 10.2. The standard InChI is InChI=1S/C14H18N2O4/c1-10-14(18)16(13(17)9-15-10)7-8-20-12-6-4-3-5-11(12)19-2/h3-6,10,15H,7-9H2,1-2H3. The first-order chi connectivity index (χ1) is 9.63. The van der Waals surface area contributed by atoms with Crippen LogP contribution in [0.1, 0.15) is 6.92 Å². The summed E-state index contributed by atoms with van der Waals surface area (Å²) in [7, 11) is 1.56. The van der Waals surface area contributed by atoms with E-state index in [2.05, 4.69) is 5.32 Å². The van der Waals surface area contributed by atoms with E-state index < -0.39 is 0 Å². The fourth-order valence-corrected chi connectivity index (χ4v) is 2.00. The van der Waals surface area contributed by atoms with Crippen LogP contribution in [0, 0.1) is 0 Å². The zero-order chi connectivity index (χ0) is 14.5. The zero-order valence-electron chi connectivity index (χ0n) is 11.6. The number of para-hydroxylation sites is 2. The van der Waals surface area contributed by atoms with Crippen LogP contribution in [0.4, 0.5) is 0 Å². The van der Waals surface area contributed by atoms with Crippen molar-refractivity contribution >= 4 is 11.8 Å². The molecule has 1 aliphatic rings. The molecule has 1 fully saturated rings. The molecule has 6 heteroatoms. The first-order valence-corrected chi connectivity index (χ1v) is 6.47. The van der Waals surface area contributed by atoms with E-state index in [1.54, 1.807) is 26.2 Å². The van der Waals surface area contributed by atoms with Gasteiger partial charge in [0.2, 0.25) is 11.8 Å². The van der Waals surface area contributed by atoms with E-state index >= 15 is 0 Å². The maximum Gasteiger partial charge on any atom is 0.246 e. The fraction of sp³-hybridized carbons (Fsp3) is 0.429. The molecule has 1 saturated heterocycles. The van der Waals surface area contributed by atoms with E-state index in [1.165, 1.54) is 4.90 Å². The molecule has 20 heavy (non-hydrogen) atoms. The number of benzene rings is 1. The second-order valence-corrected chi connectivity index (χ2v) is 4.49. The molecule has 0 aliphatic carbocycles. The van der Waals surface area contributed by atoms with Crippen molar-refractivity contribution in [1.82, 2.24) is 10.2 Å². The van der Waals surface area contributed by atoms with E-state index in [4.69, 9.17) is 9.47 Å². The minimum absolute atomic E-state index is 0.182. The second-order valence-electron chi connectivity index (χ2n) is 4.49. The highest BCUT2D eigenvalue weighted by Gasteiger charge is 2.30. The number of imide groups is 1. The van der Waals surface area contributed by atoms with Gasteiger partial charge in [-0.1, -0.05) is 12.1 Å². The first kappa shape index (κ1) is 14.3. The average Bonchev–Trinajstić information content (AvgIpc) is 2.47. The molecule has 6 nitrogen and oxygen atoms in total. The molecule has 0 aromatic heterocycles. The normalized spacial score (nSPS) is 19.1. The monoisotopic (exact) mass is 278 g/mol. The predicted octanol–water partition coefficient (Wildman–Crippen LogP) is 0.421. The van der Waals surface area contributed by atoms with Gasteiger partial charge in [0.25, 0.3) is 0 Å². The second kappa shape index (κ2) is 6.38. The van der Waals surface area contributed by atoms with Crippen LogP contribution in [-0.4, -0.2) is 49.6 Å². The third-order valence-electron chi connectivity index (χ3n) is 3.14. The van der Waals surface area contributed by atoms with E-state index in [1.807, 2.05) is 12.1 Å². The first-order valence-electron chi connectivity index (χ1n) is 6.47. The Hall–Kier alpha value is -2.08. The van der Waals surface area contributed by atoms with E-state index in [9.17, 15) is 9.59 Å². The molecule has 1 aliphatic heterocycles. The van der Waals surface area contributed by atoms with Crippen molar-refractivity contribution in [3.63, 3.8) is 0 Å². The molecular formula is C14H18N2O4. The third-order valence-corrected chi connectivity index (χ3v) is 3.14. The number of piperazine rings is 1. The van der Waals surface area contributed by atoms with Gasteiger partial charge in [0.05, 0.1) is 26.2 Å². The summed E-state index contributed by atoms with van der Waals surface area (Å²) in [6.07, 6.45) is 0. The number of amides is 2. The molecule has 2 amide bonds. The molecule has 1 aromatic carbocycles. The summed E-state index contributed by atoms with van der Waals surface area (Å²) >= 11 is 0. The molecule has 108 valence electrons. The Morgan fingerprint density at radius 2 is 2.00 bits per heavy atom. The van der Waals surface area contributed by atoms with Gasteiger partial charge in [-0.2, -0.15) is 0 Å². The average molecular weight is 278 g/mol. The number of nitrogens with zero attached hydrogens (tertiary/aromatic N) is 1. The molecule has 2 rings (SSSR count). The van der Waals surface area contributed by atoms with Crippen LogP contribution in [0.3, 0.4) is 0 Å². The van der Waals surface area contributed by atoms with Crippen molar-refractivity contribution in [3.05, 3.63) is 24.3 Å². The number of hydrogen-bond donors (Lipinski definition) is 1. The number of hydrogen-bond acceptors (Lipinski definition) is 5. The number of carbonyl (C=O) groups is 2. The molecule has 0 saturated carbocycles. The smallest absolute Gasteiger partial charge is 0.246 e. The maximum atomic E-state index is 11.9. The lowest BCUT2D eigenvalue weighted by Gasteiger charge is -2.29. The highest BCUT2D eigenvalue weighted by Crippen LogP contribution is 2.25. The Labute approximate surface area is 117 Å². The molecule has 1 unspecified atom stereocenters. The molecule has 1 atom stereocenters. The Morgan fingerprint density at radius 1 is 1.30 bits per heavy atom. The Balaban J connectivity index is 1.92. The summed E-state index contributed by atoms with van der Waals surface area (Å²) < 4.78 is 10.7. The van der Waals surface area contributed by atoms with Crippen LogP contribution in [0.15, 0.2) is 24.3 Å². The SMILES string of the molecule is COc1ccccc1OCCN1C(=O)CNC(C)C1=O. The van der Waals surface area contributed by atoms with Crippen molar-refractivity contribution in [2.75, 3.05) is 26.8 Å². The summed E-state index contributed by atoms with van der Waals surface area (Å²) in [5.74, 6) is 0.776. The topological polar surface area (TPSA) is 67.9 Å². The molecule has 1 aromatic rings. The van der Waals surface area contributed by atoms with Gasteiger partial charge in [0.1, 0.15) is 6.61 Å². The molecule has 1 heterocycles. The number of carbonyl (C=O) groups excluding carboxylic acids is 2. The summed E-state index contributed by atoms with van der Waals surface area (Å²) in [5.41, 5.74) is 0. The van der Waals surface area contributed by atoms with Crippen molar-refractivity contribution < 1.29 is 19.1 Å². The summed E-state index contributed by atoms with van der Waals surface area (Å²) in [5, 5.41) is 2.84. The third kappa shape index (κ3) is 3.08. The van der Waals surface area contributed by atoms with Crippen LogP contribution in [0.25, 0.3) is 0 Å². The molecule has 1 N–H and O–H groups in total. The highest BCUT2D eigenvalue weighted by molar-refractivity contribution is 6.00. The number of ether oxygens (including phenoxy) is 2. The van der Waals surface area contributed by atoms with Gasteiger partial charge in [0.15, 0.2) is 11.5 Å². The van der Waals surface area contributed by atoms with Crippen LogP contribution in [0.2, 0.25) is 0 Å². The summed E-state index contributed by atoms with van der Waals surface area (Å²) in [4.78, 5) is 24.8. The van der Waals surface area contributed by atoms with Crippen molar-refractivity contribution in [3.8, 4) is 11.5 Å². The minimum Gasteiger partial charge on any atom is -0.493 e. The number of rotatable bonds is 5. The van der Waals surface area contributed by atoms with Crippen LogP contribution in [-0.2, 0) is 9.59 Å². The summed E-state index contributed by atoms with van der Waals surface area (Å²) in [6, 6.07) is 6.91. The van der Waals surface area contributed by atoms with E-state index in [0.717, 1.165) is 0 Å². The van der Waals surface area contributed by atoms with Crippen molar-refractivity contribution in [2.24, 2.45) is 0 Å². The number of methoxy groups -OCH3 is 1. The van der Waals surface area contributed by atoms with Gasteiger partial charge in [-0.05, 0) is 19.1 Å². The quantitative estimate of drug-likeness (QED) is 0.791. The van der Waals surface area contributed by atoms with E-state index in [-0.39, 0.29) is 37.6 Å². The van der Waals surface area contributed by atoms with Crippen molar-refractivity contribution in [1.29, 1.82) is 0 Å². The Bertz CT molecular complexity index is 504. The van der Waals surface area contributed by atoms with Crippen LogP contribution >= 0.6 is 0 Å². The highest BCUT2D eigenvalue weighted by atomic mass is 16.5.